The second-order valence-electron chi connectivity index (χ2n) is 9.41. The van der Waals surface area contributed by atoms with Gasteiger partial charge in [0.15, 0.2) is 0 Å². The van der Waals surface area contributed by atoms with Gasteiger partial charge in [0, 0.05) is 25.7 Å². The van der Waals surface area contributed by atoms with Crippen molar-refractivity contribution in [3.63, 3.8) is 0 Å². The van der Waals surface area contributed by atoms with Crippen molar-refractivity contribution >= 4 is 0 Å². The molecule has 1 saturated heterocycles. The van der Waals surface area contributed by atoms with Crippen LogP contribution in [0, 0.1) is 23.7 Å². The highest BCUT2D eigenvalue weighted by Crippen LogP contribution is 2.29. The highest BCUT2D eigenvalue weighted by molar-refractivity contribution is 4.79. The number of hydrogen-bond donors (Lipinski definition) is 1. The fourth-order valence-electron chi connectivity index (χ4n) is 4.07. The molecule has 1 aliphatic heterocycles. The summed E-state index contributed by atoms with van der Waals surface area (Å²) in [5, 5.41) is 3.63. The third kappa shape index (κ3) is 13.1. The molecule has 0 aromatic carbocycles. The van der Waals surface area contributed by atoms with Crippen molar-refractivity contribution < 1.29 is 0 Å². The van der Waals surface area contributed by atoms with Crippen LogP contribution in [0.1, 0.15) is 100 Å². The summed E-state index contributed by atoms with van der Waals surface area (Å²) < 4.78 is 0. The first-order valence-electron chi connectivity index (χ1n) is 11.8. The van der Waals surface area contributed by atoms with Crippen molar-refractivity contribution in [1.82, 2.24) is 10.2 Å². The van der Waals surface area contributed by atoms with E-state index in [1.807, 2.05) is 13.8 Å². The smallest absolute Gasteiger partial charge is 0.0197 e. The van der Waals surface area contributed by atoms with E-state index in [0.29, 0.717) is 0 Å². The van der Waals surface area contributed by atoms with Crippen LogP contribution in [0.2, 0.25) is 0 Å². The molecular weight excluding hydrogens is 316 g/mol. The van der Waals surface area contributed by atoms with Crippen molar-refractivity contribution in [1.29, 1.82) is 0 Å². The van der Waals surface area contributed by atoms with Crippen molar-refractivity contribution in [2.45, 2.75) is 106 Å². The van der Waals surface area contributed by atoms with Gasteiger partial charge in [-0.3, -0.25) is 0 Å². The highest BCUT2D eigenvalue weighted by atomic mass is 15.2. The Bertz CT molecular complexity index is 293. The molecule has 2 aliphatic rings. The number of nitrogens with one attached hydrogen (secondary N) is 1. The summed E-state index contributed by atoms with van der Waals surface area (Å²) >= 11 is 0. The lowest BCUT2D eigenvalue weighted by molar-refractivity contribution is 0.179. The molecule has 0 aromatic rings. The number of hydrogen-bond acceptors (Lipinski definition) is 2. The van der Waals surface area contributed by atoms with E-state index in [1.54, 1.807) is 0 Å². The monoisotopic (exact) mass is 368 g/mol. The van der Waals surface area contributed by atoms with Crippen LogP contribution >= 0.6 is 0 Å². The Hall–Kier alpha value is -0.0800. The van der Waals surface area contributed by atoms with Gasteiger partial charge >= 0.3 is 0 Å². The topological polar surface area (TPSA) is 15.3 Å². The Kier molecular flexibility index (Phi) is 15.9. The van der Waals surface area contributed by atoms with Crippen molar-refractivity contribution in [2.75, 3.05) is 26.2 Å². The molecular formula is C24H52N2. The molecule has 0 amide bonds. The molecule has 1 saturated carbocycles. The minimum Gasteiger partial charge on any atom is -0.311 e. The average molecular weight is 369 g/mol. The maximum atomic E-state index is 3.63. The SMILES string of the molecule is CC.CC(C)C1CCCCC1.CC(C)CCN1CCNC(CC(C)C)C1. The molecule has 1 aliphatic carbocycles. The third-order valence-corrected chi connectivity index (χ3v) is 5.71. The molecule has 2 fully saturated rings. The molecule has 1 N–H and O–H groups in total. The van der Waals surface area contributed by atoms with Crippen LogP contribution in [-0.2, 0) is 0 Å². The van der Waals surface area contributed by atoms with Crippen LogP contribution in [0.25, 0.3) is 0 Å². The van der Waals surface area contributed by atoms with Crippen molar-refractivity contribution in [3.05, 3.63) is 0 Å². The van der Waals surface area contributed by atoms with E-state index in [1.165, 1.54) is 71.1 Å². The molecule has 0 spiro atoms. The van der Waals surface area contributed by atoms with E-state index in [2.05, 4.69) is 51.8 Å². The number of piperazine rings is 1. The lowest BCUT2D eigenvalue weighted by Gasteiger charge is -2.34. The Balaban J connectivity index is 0.000000484. The molecule has 2 heteroatoms. The van der Waals surface area contributed by atoms with Crippen LogP contribution in [0.5, 0.6) is 0 Å². The summed E-state index contributed by atoms with van der Waals surface area (Å²) in [6.07, 6.45) is 10.1. The minimum absolute atomic E-state index is 0.728. The van der Waals surface area contributed by atoms with Gasteiger partial charge in [0.1, 0.15) is 0 Å². The van der Waals surface area contributed by atoms with Crippen molar-refractivity contribution in [3.8, 4) is 0 Å². The van der Waals surface area contributed by atoms with Gasteiger partial charge < -0.3 is 10.2 Å². The van der Waals surface area contributed by atoms with E-state index >= 15 is 0 Å². The van der Waals surface area contributed by atoms with Crippen LogP contribution in [0.15, 0.2) is 0 Å². The average Bonchev–Trinajstić information content (AvgIpc) is 2.63. The first kappa shape index (κ1) is 25.9. The number of nitrogens with zero attached hydrogens (tertiary/aromatic N) is 1. The summed E-state index contributed by atoms with van der Waals surface area (Å²) in [5.74, 6) is 3.64. The lowest BCUT2D eigenvalue weighted by atomic mass is 9.82. The Labute approximate surface area is 166 Å². The molecule has 26 heavy (non-hydrogen) atoms. The predicted octanol–water partition coefficient (Wildman–Crippen LogP) is 6.60. The second kappa shape index (κ2) is 15.9. The summed E-state index contributed by atoms with van der Waals surface area (Å²) in [4.78, 5) is 2.63. The molecule has 0 bridgehead atoms. The van der Waals surface area contributed by atoms with E-state index in [9.17, 15) is 0 Å². The summed E-state index contributed by atoms with van der Waals surface area (Å²) in [6, 6.07) is 0.728. The first-order chi connectivity index (χ1) is 12.4. The second-order valence-corrected chi connectivity index (χ2v) is 9.41. The summed E-state index contributed by atoms with van der Waals surface area (Å²) in [5.41, 5.74) is 0. The Morgan fingerprint density at radius 3 is 1.96 bits per heavy atom. The molecule has 158 valence electrons. The molecule has 1 atom stereocenters. The summed E-state index contributed by atoms with van der Waals surface area (Å²) in [6.45, 7) is 22.9. The van der Waals surface area contributed by atoms with Gasteiger partial charge in [-0.15, -0.1) is 0 Å². The maximum Gasteiger partial charge on any atom is 0.0197 e. The zero-order valence-corrected chi connectivity index (χ0v) is 19.6. The Morgan fingerprint density at radius 2 is 1.50 bits per heavy atom. The molecule has 0 radical (unpaired) electrons. The van der Waals surface area contributed by atoms with Crippen LogP contribution in [0.4, 0.5) is 0 Å². The first-order valence-corrected chi connectivity index (χ1v) is 11.8. The predicted molar refractivity (Wildman–Crippen MR) is 120 cm³/mol. The minimum atomic E-state index is 0.728. The largest absolute Gasteiger partial charge is 0.311 e. The van der Waals surface area contributed by atoms with Gasteiger partial charge in [-0.05, 0) is 43.1 Å². The van der Waals surface area contributed by atoms with Crippen LogP contribution in [0.3, 0.4) is 0 Å². The maximum absolute atomic E-state index is 3.63. The van der Waals surface area contributed by atoms with Gasteiger partial charge in [-0.1, -0.05) is 87.5 Å². The summed E-state index contributed by atoms with van der Waals surface area (Å²) in [7, 11) is 0. The van der Waals surface area contributed by atoms with E-state index in [-0.39, 0.29) is 0 Å². The fourth-order valence-corrected chi connectivity index (χ4v) is 4.07. The number of rotatable bonds is 6. The van der Waals surface area contributed by atoms with E-state index < -0.39 is 0 Å². The zero-order valence-electron chi connectivity index (χ0n) is 19.6. The standard InChI is InChI=1S/C13H28N2.C9H18.C2H6/c1-11(2)5-7-15-8-6-14-13(10-15)9-12(3)4;1-8(2)9-6-4-3-5-7-9;1-2/h11-14H,5-10H2,1-4H3;8-9H,3-7H2,1-2H3;1-2H3. The van der Waals surface area contributed by atoms with Gasteiger partial charge in [0.2, 0.25) is 0 Å². The van der Waals surface area contributed by atoms with E-state index in [4.69, 9.17) is 0 Å². The van der Waals surface area contributed by atoms with Crippen LogP contribution < -0.4 is 5.32 Å². The van der Waals surface area contributed by atoms with Gasteiger partial charge in [-0.25, -0.2) is 0 Å². The van der Waals surface area contributed by atoms with Gasteiger partial charge in [0.25, 0.3) is 0 Å². The molecule has 2 rings (SSSR count). The quantitative estimate of drug-likeness (QED) is 0.568. The third-order valence-electron chi connectivity index (χ3n) is 5.71. The molecule has 0 aromatic heterocycles. The highest BCUT2D eigenvalue weighted by Gasteiger charge is 2.19. The fraction of sp³-hybridized carbons (Fsp3) is 1.00. The normalized spacial score (nSPS) is 22.0. The van der Waals surface area contributed by atoms with Gasteiger partial charge in [0.05, 0.1) is 0 Å². The zero-order chi connectivity index (χ0) is 19.9. The molecule has 2 nitrogen and oxygen atoms in total. The van der Waals surface area contributed by atoms with E-state index in [0.717, 1.165) is 29.7 Å². The lowest BCUT2D eigenvalue weighted by Crippen LogP contribution is -2.51. The molecule has 1 heterocycles. The van der Waals surface area contributed by atoms with Crippen LogP contribution in [-0.4, -0.2) is 37.1 Å². The van der Waals surface area contributed by atoms with Crippen molar-refractivity contribution in [2.24, 2.45) is 23.7 Å². The van der Waals surface area contributed by atoms with Gasteiger partial charge in [-0.2, -0.15) is 0 Å². The molecule has 1 unspecified atom stereocenters. The Morgan fingerprint density at radius 1 is 0.885 bits per heavy atom.